The third-order valence-corrected chi connectivity index (χ3v) is 4.04. The highest BCUT2D eigenvalue weighted by Gasteiger charge is 2.08. The first-order chi connectivity index (χ1) is 7.99. The van der Waals surface area contributed by atoms with Crippen molar-refractivity contribution in [1.29, 1.82) is 0 Å². The van der Waals surface area contributed by atoms with Crippen LogP contribution in [0, 0.1) is 0 Å². The minimum Gasteiger partial charge on any atom is -0.325 e. The number of carbonyl (C=O) groups excluding carboxylic acids is 1. The number of thiophene rings is 1. The monoisotopic (exact) mass is 274 g/mol. The van der Waals surface area contributed by atoms with Crippen molar-refractivity contribution in [3.05, 3.63) is 16.3 Å². The normalized spacial score (nSPS) is 14.3. The third-order valence-electron chi connectivity index (χ3n) is 2.15. The van der Waals surface area contributed by atoms with E-state index in [1.54, 1.807) is 17.6 Å². The van der Waals surface area contributed by atoms with Crippen molar-refractivity contribution in [1.82, 2.24) is 5.32 Å². The van der Waals surface area contributed by atoms with Crippen LogP contribution in [0.2, 0.25) is 0 Å². The van der Waals surface area contributed by atoms with E-state index in [0.717, 1.165) is 10.6 Å². The Morgan fingerprint density at radius 3 is 2.88 bits per heavy atom. The molecule has 0 aliphatic rings. The highest BCUT2D eigenvalue weighted by Crippen LogP contribution is 2.22. The number of rotatable bonds is 6. The molecule has 2 unspecified atom stereocenters. The molecule has 1 aromatic rings. The van der Waals surface area contributed by atoms with Crippen molar-refractivity contribution < 1.29 is 9.00 Å². The van der Waals surface area contributed by atoms with Gasteiger partial charge in [-0.1, -0.05) is 0 Å². The fraction of sp³-hybridized carbons (Fsp3) is 0.545. The van der Waals surface area contributed by atoms with Gasteiger partial charge in [0.15, 0.2) is 0 Å². The smallest absolute Gasteiger partial charge is 0.221 e. The summed E-state index contributed by atoms with van der Waals surface area (Å²) in [5.41, 5.74) is 0.861. The molecule has 1 rings (SSSR count). The minimum absolute atomic E-state index is 0.0626. The Balaban J connectivity index is 2.48. The van der Waals surface area contributed by atoms with E-state index in [0.29, 0.717) is 12.3 Å². The van der Waals surface area contributed by atoms with Crippen LogP contribution in [0.3, 0.4) is 0 Å². The van der Waals surface area contributed by atoms with E-state index in [9.17, 15) is 9.00 Å². The Kier molecular flexibility index (Phi) is 5.80. The van der Waals surface area contributed by atoms with Gasteiger partial charge in [-0.25, -0.2) is 0 Å². The Morgan fingerprint density at radius 2 is 2.29 bits per heavy atom. The first-order valence-corrected chi connectivity index (χ1v) is 7.97. The molecule has 6 heteroatoms. The molecule has 0 saturated heterocycles. The van der Waals surface area contributed by atoms with Crippen molar-refractivity contribution >= 4 is 33.7 Å². The molecule has 2 N–H and O–H groups in total. The van der Waals surface area contributed by atoms with Gasteiger partial charge in [-0.15, -0.1) is 11.3 Å². The SMILES string of the molecule is CC(=O)Nc1ccsc1CNC(C)CS(C)=O. The van der Waals surface area contributed by atoms with Crippen LogP contribution in [0.5, 0.6) is 0 Å². The number of hydrogen-bond acceptors (Lipinski definition) is 4. The van der Waals surface area contributed by atoms with Gasteiger partial charge in [0, 0.05) is 47.2 Å². The number of hydrogen-bond donors (Lipinski definition) is 2. The van der Waals surface area contributed by atoms with Gasteiger partial charge in [-0.2, -0.15) is 0 Å². The maximum atomic E-state index is 11.0. The van der Waals surface area contributed by atoms with Gasteiger partial charge in [-0.3, -0.25) is 9.00 Å². The molecule has 0 saturated carbocycles. The molecule has 96 valence electrons. The molecule has 2 atom stereocenters. The Labute approximate surface area is 108 Å². The summed E-state index contributed by atoms with van der Waals surface area (Å²) >= 11 is 1.60. The zero-order valence-electron chi connectivity index (χ0n) is 10.3. The molecule has 0 radical (unpaired) electrons. The lowest BCUT2D eigenvalue weighted by Gasteiger charge is -2.12. The lowest BCUT2D eigenvalue weighted by Crippen LogP contribution is -2.30. The van der Waals surface area contributed by atoms with Crippen LogP contribution in [-0.4, -0.2) is 28.2 Å². The maximum Gasteiger partial charge on any atom is 0.221 e. The topological polar surface area (TPSA) is 58.2 Å². The Hall–Kier alpha value is -0.720. The van der Waals surface area contributed by atoms with Crippen LogP contribution in [0.1, 0.15) is 18.7 Å². The highest BCUT2D eigenvalue weighted by atomic mass is 32.2. The minimum atomic E-state index is -0.787. The second kappa shape index (κ2) is 6.88. The molecule has 1 aromatic heterocycles. The van der Waals surface area contributed by atoms with Gasteiger partial charge in [0.1, 0.15) is 0 Å². The lowest BCUT2D eigenvalue weighted by molar-refractivity contribution is -0.114. The van der Waals surface area contributed by atoms with Gasteiger partial charge in [0.25, 0.3) is 0 Å². The molecule has 17 heavy (non-hydrogen) atoms. The second-order valence-corrected chi connectivity index (χ2v) is 6.44. The fourth-order valence-electron chi connectivity index (χ4n) is 1.46. The van der Waals surface area contributed by atoms with Gasteiger partial charge >= 0.3 is 0 Å². The molecule has 1 heterocycles. The summed E-state index contributed by atoms with van der Waals surface area (Å²) in [6.07, 6.45) is 1.70. The Morgan fingerprint density at radius 1 is 1.59 bits per heavy atom. The van der Waals surface area contributed by atoms with Crippen LogP contribution in [0.4, 0.5) is 5.69 Å². The summed E-state index contributed by atoms with van der Waals surface area (Å²) in [6, 6.07) is 2.10. The maximum absolute atomic E-state index is 11.0. The van der Waals surface area contributed by atoms with E-state index in [4.69, 9.17) is 0 Å². The van der Waals surface area contributed by atoms with E-state index >= 15 is 0 Å². The number of carbonyl (C=O) groups is 1. The zero-order valence-corrected chi connectivity index (χ0v) is 11.9. The molecular formula is C11H18N2O2S2. The van der Waals surface area contributed by atoms with E-state index in [-0.39, 0.29) is 11.9 Å². The number of nitrogens with one attached hydrogen (secondary N) is 2. The molecule has 0 fully saturated rings. The second-order valence-electron chi connectivity index (χ2n) is 3.96. The van der Waals surface area contributed by atoms with Crippen LogP contribution in [0.25, 0.3) is 0 Å². The summed E-state index contributed by atoms with van der Waals surface area (Å²) in [6.45, 7) is 4.19. The van der Waals surface area contributed by atoms with E-state index in [2.05, 4.69) is 10.6 Å². The summed E-state index contributed by atoms with van der Waals surface area (Å²) in [5.74, 6) is 0.577. The van der Waals surface area contributed by atoms with Crippen LogP contribution in [0.15, 0.2) is 11.4 Å². The summed E-state index contributed by atoms with van der Waals surface area (Å²) in [4.78, 5) is 12.1. The molecule has 0 bridgehead atoms. The molecule has 0 aromatic carbocycles. The van der Waals surface area contributed by atoms with Crippen molar-refractivity contribution in [2.24, 2.45) is 0 Å². The summed E-state index contributed by atoms with van der Waals surface area (Å²) in [7, 11) is -0.787. The zero-order chi connectivity index (χ0) is 12.8. The van der Waals surface area contributed by atoms with E-state index in [1.807, 2.05) is 18.4 Å². The molecule has 0 aliphatic heterocycles. The van der Waals surface area contributed by atoms with E-state index < -0.39 is 10.8 Å². The third kappa shape index (κ3) is 5.43. The quantitative estimate of drug-likeness (QED) is 0.828. The summed E-state index contributed by atoms with van der Waals surface area (Å²) < 4.78 is 11.0. The number of amides is 1. The van der Waals surface area contributed by atoms with Crippen molar-refractivity contribution in [2.45, 2.75) is 26.4 Å². The first kappa shape index (κ1) is 14.3. The average molecular weight is 274 g/mol. The Bertz CT molecular complexity index is 404. The highest BCUT2D eigenvalue weighted by molar-refractivity contribution is 7.84. The van der Waals surface area contributed by atoms with Crippen molar-refractivity contribution in [3.63, 3.8) is 0 Å². The molecule has 0 spiro atoms. The van der Waals surface area contributed by atoms with Crippen LogP contribution < -0.4 is 10.6 Å². The van der Waals surface area contributed by atoms with Crippen molar-refractivity contribution in [2.75, 3.05) is 17.3 Å². The average Bonchev–Trinajstić information content (AvgIpc) is 2.60. The molecule has 1 amide bonds. The van der Waals surface area contributed by atoms with Crippen molar-refractivity contribution in [3.8, 4) is 0 Å². The first-order valence-electron chi connectivity index (χ1n) is 5.36. The van der Waals surface area contributed by atoms with Gasteiger partial charge in [0.05, 0.1) is 5.69 Å². The molecular weight excluding hydrogens is 256 g/mol. The van der Waals surface area contributed by atoms with E-state index in [1.165, 1.54) is 6.92 Å². The lowest BCUT2D eigenvalue weighted by atomic mass is 10.3. The predicted octanol–water partition coefficient (Wildman–Crippen LogP) is 1.56. The van der Waals surface area contributed by atoms with Crippen LogP contribution >= 0.6 is 11.3 Å². The summed E-state index contributed by atoms with van der Waals surface area (Å²) in [5, 5.41) is 8.03. The molecule has 0 aliphatic carbocycles. The largest absolute Gasteiger partial charge is 0.325 e. The van der Waals surface area contributed by atoms with Gasteiger partial charge in [-0.05, 0) is 18.4 Å². The van der Waals surface area contributed by atoms with Gasteiger partial charge in [0.2, 0.25) is 5.91 Å². The number of anilines is 1. The molecule has 4 nitrogen and oxygen atoms in total. The van der Waals surface area contributed by atoms with Crippen LogP contribution in [-0.2, 0) is 22.1 Å². The van der Waals surface area contributed by atoms with Gasteiger partial charge < -0.3 is 10.6 Å². The fourth-order valence-corrected chi connectivity index (χ4v) is 3.06. The standard InChI is InChI=1S/C11H18N2O2S2/c1-8(7-17(3)15)12-6-11-10(4-5-16-11)13-9(2)14/h4-5,8,12H,6-7H2,1-3H3,(H,13,14). The predicted molar refractivity (Wildman–Crippen MR) is 73.9 cm³/mol.